The lowest BCUT2D eigenvalue weighted by Crippen LogP contribution is -2.29. The molecule has 0 bridgehead atoms. The second-order valence-corrected chi connectivity index (χ2v) is 14.4. The van der Waals surface area contributed by atoms with Gasteiger partial charge < -0.3 is 24.6 Å². The van der Waals surface area contributed by atoms with Crippen LogP contribution >= 0.6 is 7.82 Å². The van der Waals surface area contributed by atoms with Crippen molar-refractivity contribution in [3.63, 3.8) is 0 Å². The number of phosphoric acid groups is 1. The molecular formula is C38H71O10P. The molecule has 0 rings (SSSR count). The number of aliphatic hydroxyl groups excluding tert-OH is 2. The van der Waals surface area contributed by atoms with Crippen LogP contribution in [0, 0.1) is 0 Å². The summed E-state index contributed by atoms with van der Waals surface area (Å²) in [7, 11) is -4.61. The van der Waals surface area contributed by atoms with Crippen LogP contribution < -0.4 is 0 Å². The highest BCUT2D eigenvalue weighted by atomic mass is 31.2. The van der Waals surface area contributed by atoms with Crippen molar-refractivity contribution >= 4 is 19.8 Å². The molecule has 0 saturated carbocycles. The minimum atomic E-state index is -4.61. The summed E-state index contributed by atoms with van der Waals surface area (Å²) >= 11 is 0. The van der Waals surface area contributed by atoms with Crippen molar-refractivity contribution in [2.45, 2.75) is 180 Å². The average molecular weight is 719 g/mol. The average Bonchev–Trinajstić information content (AvgIpc) is 3.09. The third kappa shape index (κ3) is 34.7. The van der Waals surface area contributed by atoms with Gasteiger partial charge in [0.05, 0.1) is 19.8 Å². The van der Waals surface area contributed by atoms with Gasteiger partial charge in [0.15, 0.2) is 6.10 Å². The van der Waals surface area contributed by atoms with Crippen molar-refractivity contribution in [3.05, 3.63) is 24.3 Å². The Kier molecular flexibility index (Phi) is 33.8. The SMILES string of the molecule is CCCCC/C=C/CCCCCCCC(=O)OC[C@H](COP(=O)(O)OC[C@@H](O)CO)OC(=O)CCCCCCC/C=C/CCCCCCC. The number of allylic oxidation sites excluding steroid dienone is 4. The maximum atomic E-state index is 12.5. The van der Waals surface area contributed by atoms with Gasteiger partial charge >= 0.3 is 19.8 Å². The number of hydrogen-bond donors (Lipinski definition) is 3. The molecule has 0 aliphatic rings. The zero-order valence-electron chi connectivity index (χ0n) is 30.9. The van der Waals surface area contributed by atoms with E-state index in [9.17, 15) is 24.2 Å². The molecule has 1 unspecified atom stereocenters. The minimum Gasteiger partial charge on any atom is -0.462 e. The highest BCUT2D eigenvalue weighted by Gasteiger charge is 2.27. The summed E-state index contributed by atoms with van der Waals surface area (Å²) in [5.41, 5.74) is 0. The molecule has 0 aromatic carbocycles. The molecule has 0 amide bonds. The normalized spacial score (nSPS) is 14.3. The Morgan fingerprint density at radius 1 is 0.592 bits per heavy atom. The summed E-state index contributed by atoms with van der Waals surface area (Å²) in [5, 5.41) is 18.3. The monoisotopic (exact) mass is 718 g/mol. The smallest absolute Gasteiger partial charge is 0.462 e. The number of carbonyl (C=O) groups is 2. The van der Waals surface area contributed by atoms with E-state index in [4.69, 9.17) is 19.1 Å². The van der Waals surface area contributed by atoms with Crippen molar-refractivity contribution in [2.75, 3.05) is 26.4 Å². The van der Waals surface area contributed by atoms with Gasteiger partial charge in [0.1, 0.15) is 12.7 Å². The highest BCUT2D eigenvalue weighted by molar-refractivity contribution is 7.47. The van der Waals surface area contributed by atoms with Crippen LogP contribution in [0.15, 0.2) is 24.3 Å². The number of aliphatic hydroxyl groups is 2. The van der Waals surface area contributed by atoms with Crippen LogP contribution in [0.25, 0.3) is 0 Å². The molecule has 0 aromatic heterocycles. The van der Waals surface area contributed by atoms with Gasteiger partial charge in [-0.3, -0.25) is 18.6 Å². The number of ether oxygens (including phenoxy) is 2. The van der Waals surface area contributed by atoms with E-state index in [1.807, 2.05) is 0 Å². The largest absolute Gasteiger partial charge is 0.472 e. The highest BCUT2D eigenvalue weighted by Crippen LogP contribution is 2.43. The van der Waals surface area contributed by atoms with E-state index in [-0.39, 0.29) is 19.4 Å². The Bertz CT molecular complexity index is 879. The molecule has 3 atom stereocenters. The fourth-order valence-electron chi connectivity index (χ4n) is 5.04. The van der Waals surface area contributed by atoms with Crippen LogP contribution in [-0.2, 0) is 32.7 Å². The van der Waals surface area contributed by atoms with Crippen molar-refractivity contribution < 1.29 is 47.8 Å². The summed E-state index contributed by atoms with van der Waals surface area (Å²) in [6.07, 6.45) is 31.4. The molecular weight excluding hydrogens is 647 g/mol. The third-order valence-corrected chi connectivity index (χ3v) is 9.03. The Morgan fingerprint density at radius 3 is 1.51 bits per heavy atom. The van der Waals surface area contributed by atoms with E-state index in [1.54, 1.807) is 0 Å². The van der Waals surface area contributed by atoms with Gasteiger partial charge in [-0.1, -0.05) is 115 Å². The molecule has 0 heterocycles. The van der Waals surface area contributed by atoms with Gasteiger partial charge in [-0.05, 0) is 64.2 Å². The summed E-state index contributed by atoms with van der Waals surface area (Å²) in [6.45, 7) is 2.31. The van der Waals surface area contributed by atoms with Crippen molar-refractivity contribution in [3.8, 4) is 0 Å². The van der Waals surface area contributed by atoms with E-state index in [1.165, 1.54) is 51.4 Å². The number of unbranched alkanes of at least 4 members (excludes halogenated alkanes) is 18. The van der Waals surface area contributed by atoms with Crippen LogP contribution in [0.3, 0.4) is 0 Å². The molecule has 0 saturated heterocycles. The van der Waals surface area contributed by atoms with Gasteiger partial charge in [-0.25, -0.2) is 4.57 Å². The first kappa shape index (κ1) is 47.4. The second kappa shape index (κ2) is 34.9. The van der Waals surface area contributed by atoms with Gasteiger partial charge in [-0.15, -0.1) is 0 Å². The molecule has 10 nitrogen and oxygen atoms in total. The lowest BCUT2D eigenvalue weighted by molar-refractivity contribution is -0.161. The van der Waals surface area contributed by atoms with Crippen molar-refractivity contribution in [1.29, 1.82) is 0 Å². The number of esters is 2. The lowest BCUT2D eigenvalue weighted by atomic mass is 10.1. The third-order valence-electron chi connectivity index (χ3n) is 8.08. The Hall–Kier alpha value is -1.55. The first-order valence-electron chi connectivity index (χ1n) is 19.3. The van der Waals surface area contributed by atoms with E-state index in [0.717, 1.165) is 77.0 Å². The minimum absolute atomic E-state index is 0.174. The predicted molar refractivity (Wildman–Crippen MR) is 196 cm³/mol. The molecule has 0 spiro atoms. The molecule has 288 valence electrons. The maximum Gasteiger partial charge on any atom is 0.472 e. The number of phosphoric ester groups is 1. The quantitative estimate of drug-likeness (QED) is 0.0248. The summed E-state index contributed by atoms with van der Waals surface area (Å²) in [5.74, 6) is -0.945. The van der Waals surface area contributed by atoms with Gasteiger partial charge in [0.25, 0.3) is 0 Å². The molecule has 0 fully saturated rings. The molecule has 11 heteroatoms. The Balaban J connectivity index is 4.39. The summed E-state index contributed by atoms with van der Waals surface area (Å²) in [6, 6.07) is 0. The van der Waals surface area contributed by atoms with Crippen molar-refractivity contribution in [1.82, 2.24) is 0 Å². The van der Waals surface area contributed by atoms with Gasteiger partial charge in [0, 0.05) is 12.8 Å². The van der Waals surface area contributed by atoms with Gasteiger partial charge in [-0.2, -0.15) is 0 Å². The van der Waals surface area contributed by atoms with Gasteiger partial charge in [0.2, 0.25) is 0 Å². The van der Waals surface area contributed by atoms with Crippen molar-refractivity contribution in [2.24, 2.45) is 0 Å². The fourth-order valence-corrected chi connectivity index (χ4v) is 5.83. The molecule has 0 radical (unpaired) electrons. The van der Waals surface area contributed by atoms with E-state index in [2.05, 4.69) is 42.7 Å². The topological polar surface area (TPSA) is 149 Å². The van der Waals surface area contributed by atoms with E-state index >= 15 is 0 Å². The first-order valence-corrected chi connectivity index (χ1v) is 20.8. The standard InChI is InChI=1S/C38H71O10P/c1-3-5-7-9-11-13-15-17-18-20-22-24-26-28-30-38(42)48-36(34-47-49(43,44)46-32-35(40)31-39)33-45-37(41)29-27-25-23-21-19-16-14-12-10-8-6-4-2/h12,14-15,17,35-36,39-40H,3-11,13,16,18-34H2,1-2H3,(H,43,44)/b14-12+,17-15+/t35-,36+/m0/s1. The maximum absolute atomic E-state index is 12.5. The predicted octanol–water partition coefficient (Wildman–Crippen LogP) is 9.44. The molecule has 0 aromatic rings. The van der Waals surface area contributed by atoms with Crippen LogP contribution in [0.1, 0.15) is 168 Å². The Labute approximate surface area is 298 Å². The van der Waals surface area contributed by atoms with Crippen LogP contribution in [-0.4, -0.2) is 65.7 Å². The van der Waals surface area contributed by atoms with Crippen LogP contribution in [0.5, 0.6) is 0 Å². The number of hydrogen-bond acceptors (Lipinski definition) is 9. The number of rotatable bonds is 36. The molecule has 0 aliphatic heterocycles. The number of carbonyl (C=O) groups excluding carboxylic acids is 2. The fraction of sp³-hybridized carbons (Fsp3) is 0.842. The second-order valence-electron chi connectivity index (χ2n) is 12.9. The summed E-state index contributed by atoms with van der Waals surface area (Å²) in [4.78, 5) is 34.8. The molecule has 49 heavy (non-hydrogen) atoms. The molecule has 3 N–H and O–H groups in total. The zero-order chi connectivity index (χ0) is 36.3. The molecule has 0 aliphatic carbocycles. The Morgan fingerprint density at radius 2 is 1.00 bits per heavy atom. The zero-order valence-corrected chi connectivity index (χ0v) is 31.8. The summed E-state index contributed by atoms with van der Waals surface area (Å²) < 4.78 is 32.6. The van der Waals surface area contributed by atoms with E-state index < -0.39 is 51.8 Å². The first-order chi connectivity index (χ1) is 23.7. The van der Waals surface area contributed by atoms with Crippen LogP contribution in [0.2, 0.25) is 0 Å². The van der Waals surface area contributed by atoms with E-state index in [0.29, 0.717) is 12.8 Å². The van der Waals surface area contributed by atoms with Crippen LogP contribution in [0.4, 0.5) is 0 Å². The lowest BCUT2D eigenvalue weighted by Gasteiger charge is -2.20.